The van der Waals surface area contributed by atoms with Crippen LogP contribution in [0.3, 0.4) is 0 Å². The van der Waals surface area contributed by atoms with Gasteiger partial charge in [-0.2, -0.15) is 0 Å². The second-order valence-corrected chi connectivity index (χ2v) is 5.80. The van der Waals surface area contributed by atoms with Crippen molar-refractivity contribution in [1.29, 1.82) is 0 Å². The van der Waals surface area contributed by atoms with E-state index in [-0.39, 0.29) is 24.6 Å². The number of furan rings is 1. The van der Waals surface area contributed by atoms with E-state index in [9.17, 15) is 14.0 Å². The number of halogens is 1. The first-order chi connectivity index (χ1) is 12.6. The molecule has 0 aliphatic carbocycles. The van der Waals surface area contributed by atoms with E-state index in [0.717, 1.165) is 0 Å². The summed E-state index contributed by atoms with van der Waals surface area (Å²) in [5.41, 5.74) is 1.21. The molecule has 0 saturated carbocycles. The summed E-state index contributed by atoms with van der Waals surface area (Å²) in [6, 6.07) is 8.92. The Balaban J connectivity index is 1.46. The minimum atomic E-state index is -0.796. The van der Waals surface area contributed by atoms with Crippen molar-refractivity contribution in [1.82, 2.24) is 5.16 Å². The Hall–Kier alpha value is -3.42. The molecular weight excluding hydrogens is 343 g/mol. The maximum absolute atomic E-state index is 13.3. The molecule has 1 unspecified atom stereocenters. The van der Waals surface area contributed by atoms with Gasteiger partial charge in [-0.15, -0.1) is 0 Å². The Morgan fingerprint density at radius 3 is 3.00 bits per heavy atom. The number of benzene rings is 1. The molecule has 4 rings (SSSR count). The van der Waals surface area contributed by atoms with E-state index >= 15 is 0 Å². The molecule has 1 aliphatic heterocycles. The summed E-state index contributed by atoms with van der Waals surface area (Å²) >= 11 is 0. The Morgan fingerprint density at radius 2 is 2.19 bits per heavy atom. The molecule has 2 aromatic heterocycles. The fourth-order valence-corrected chi connectivity index (χ4v) is 2.81. The van der Waals surface area contributed by atoms with Gasteiger partial charge in [-0.3, -0.25) is 9.59 Å². The van der Waals surface area contributed by atoms with Crippen molar-refractivity contribution >= 4 is 17.6 Å². The third-order valence-corrected chi connectivity index (χ3v) is 4.02. The van der Waals surface area contributed by atoms with Crippen molar-refractivity contribution in [3.8, 4) is 11.5 Å². The summed E-state index contributed by atoms with van der Waals surface area (Å²) in [4.78, 5) is 24.2. The fraction of sp³-hybridized carbons (Fsp3) is 0.167. The highest BCUT2D eigenvalue weighted by atomic mass is 19.1. The smallest absolute Gasteiger partial charge is 0.314 e. The lowest BCUT2D eigenvalue weighted by Crippen LogP contribution is -2.28. The summed E-state index contributed by atoms with van der Waals surface area (Å²) in [6.07, 6.45) is 1.44. The molecule has 3 aromatic rings. The quantitative estimate of drug-likeness (QED) is 0.721. The van der Waals surface area contributed by atoms with Gasteiger partial charge in [0.15, 0.2) is 5.76 Å². The maximum Gasteiger partial charge on any atom is 0.314 e. The molecule has 1 aromatic carbocycles. The number of nitrogens with zero attached hydrogens (tertiary/aromatic N) is 1. The van der Waals surface area contributed by atoms with Gasteiger partial charge in [-0.25, -0.2) is 4.39 Å². The van der Waals surface area contributed by atoms with Crippen LogP contribution in [0.1, 0.15) is 23.6 Å². The normalized spacial score (nSPS) is 16.0. The maximum atomic E-state index is 13.3. The zero-order valence-corrected chi connectivity index (χ0v) is 13.4. The third-order valence-electron chi connectivity index (χ3n) is 4.02. The number of anilines is 1. The lowest BCUT2D eigenvalue weighted by atomic mass is 9.90. The van der Waals surface area contributed by atoms with Crippen molar-refractivity contribution < 1.29 is 27.7 Å². The minimum Gasteiger partial charge on any atom is -0.461 e. The number of esters is 1. The molecule has 26 heavy (non-hydrogen) atoms. The molecule has 0 spiro atoms. The topological polar surface area (TPSA) is 94.6 Å². The van der Waals surface area contributed by atoms with Crippen molar-refractivity contribution in [2.24, 2.45) is 0 Å². The van der Waals surface area contributed by atoms with Crippen molar-refractivity contribution in [3.63, 3.8) is 0 Å². The summed E-state index contributed by atoms with van der Waals surface area (Å²) in [6.45, 7) is -0.113. The Bertz CT molecular complexity index is 964. The minimum absolute atomic E-state index is 0.0616. The molecule has 1 N–H and O–H groups in total. The van der Waals surface area contributed by atoms with Crippen LogP contribution in [0.5, 0.6) is 0 Å². The van der Waals surface area contributed by atoms with Crippen LogP contribution in [0.2, 0.25) is 0 Å². The fourth-order valence-electron chi connectivity index (χ4n) is 2.81. The van der Waals surface area contributed by atoms with Crippen LogP contribution >= 0.6 is 0 Å². The second kappa shape index (κ2) is 6.47. The number of carbonyl (C=O) groups excluding carboxylic acids is 2. The number of nitrogens with one attached hydrogen (secondary N) is 1. The first-order valence-corrected chi connectivity index (χ1v) is 7.85. The average molecular weight is 356 g/mol. The monoisotopic (exact) mass is 356 g/mol. The van der Waals surface area contributed by atoms with Gasteiger partial charge in [0.05, 0.1) is 12.2 Å². The molecular formula is C18H13FN2O5. The van der Waals surface area contributed by atoms with Gasteiger partial charge in [0.1, 0.15) is 18.1 Å². The van der Waals surface area contributed by atoms with E-state index in [2.05, 4.69) is 10.5 Å². The lowest BCUT2D eigenvalue weighted by Gasteiger charge is -2.24. The summed E-state index contributed by atoms with van der Waals surface area (Å²) in [5, 5.41) is 6.37. The van der Waals surface area contributed by atoms with E-state index in [1.165, 1.54) is 24.5 Å². The zero-order valence-electron chi connectivity index (χ0n) is 13.4. The largest absolute Gasteiger partial charge is 0.461 e. The van der Waals surface area contributed by atoms with E-state index in [0.29, 0.717) is 22.8 Å². The number of hydrogen-bond donors (Lipinski definition) is 1. The van der Waals surface area contributed by atoms with Crippen LogP contribution in [0.25, 0.3) is 11.5 Å². The number of hydrogen-bond acceptors (Lipinski definition) is 6. The highest BCUT2D eigenvalue weighted by molar-refractivity contribution is 5.99. The predicted octanol–water partition coefficient (Wildman–Crippen LogP) is 3.24. The molecule has 0 saturated heterocycles. The van der Waals surface area contributed by atoms with Crippen molar-refractivity contribution in [2.45, 2.75) is 18.9 Å². The van der Waals surface area contributed by atoms with Crippen LogP contribution in [-0.4, -0.2) is 17.0 Å². The van der Waals surface area contributed by atoms with Gasteiger partial charge < -0.3 is 19.0 Å². The van der Waals surface area contributed by atoms with E-state index in [1.54, 1.807) is 18.2 Å². The van der Waals surface area contributed by atoms with E-state index in [1.807, 2.05) is 0 Å². The van der Waals surface area contributed by atoms with Crippen LogP contribution in [0.4, 0.5) is 10.1 Å². The summed E-state index contributed by atoms with van der Waals surface area (Å²) in [5.74, 6) is -1.32. The number of aromatic nitrogens is 1. The van der Waals surface area contributed by atoms with E-state index in [4.69, 9.17) is 13.7 Å². The van der Waals surface area contributed by atoms with Gasteiger partial charge in [-0.1, -0.05) is 11.2 Å². The van der Waals surface area contributed by atoms with Gasteiger partial charge >= 0.3 is 5.97 Å². The van der Waals surface area contributed by atoms with Crippen molar-refractivity contribution in [2.75, 3.05) is 5.32 Å². The van der Waals surface area contributed by atoms with Crippen molar-refractivity contribution in [3.05, 3.63) is 59.7 Å². The highest BCUT2D eigenvalue weighted by Gasteiger charge is 2.32. The van der Waals surface area contributed by atoms with Gasteiger partial charge in [0.2, 0.25) is 11.7 Å². The number of ether oxygens (including phenoxy) is 1. The summed E-state index contributed by atoms with van der Waals surface area (Å²) in [7, 11) is 0. The van der Waals surface area contributed by atoms with E-state index < -0.39 is 17.7 Å². The predicted molar refractivity (Wildman–Crippen MR) is 86.4 cm³/mol. The zero-order chi connectivity index (χ0) is 18.1. The lowest BCUT2D eigenvalue weighted by molar-refractivity contribution is -0.148. The molecule has 1 atom stereocenters. The molecule has 0 bridgehead atoms. The van der Waals surface area contributed by atoms with Crippen LogP contribution in [0, 0.1) is 5.82 Å². The first kappa shape index (κ1) is 16.1. The second-order valence-electron chi connectivity index (χ2n) is 5.80. The average Bonchev–Trinajstić information content (AvgIpc) is 3.29. The number of amides is 1. The highest BCUT2D eigenvalue weighted by Crippen LogP contribution is 2.33. The van der Waals surface area contributed by atoms with Gasteiger partial charge in [-0.05, 0) is 29.8 Å². The SMILES string of the molecule is O=C1CC(C(=O)OCc2cc(-c3ccco3)on2)c2ccc(F)cc2N1. The Kier molecular flexibility index (Phi) is 4.00. The molecule has 3 heterocycles. The molecule has 1 amide bonds. The van der Waals surface area contributed by atoms with Gasteiger partial charge in [0, 0.05) is 18.2 Å². The number of carbonyl (C=O) groups is 2. The van der Waals surface area contributed by atoms with Gasteiger partial charge in [0.25, 0.3) is 0 Å². The van der Waals surface area contributed by atoms with Crippen LogP contribution < -0.4 is 5.32 Å². The third kappa shape index (κ3) is 3.08. The van der Waals surface area contributed by atoms with Crippen LogP contribution in [-0.2, 0) is 20.9 Å². The molecule has 0 fully saturated rings. The molecule has 132 valence electrons. The molecule has 1 aliphatic rings. The number of fused-ring (bicyclic) bond motifs is 1. The summed E-state index contributed by atoms with van der Waals surface area (Å²) < 4.78 is 28.9. The molecule has 8 heteroatoms. The van der Waals surface area contributed by atoms with Crippen LogP contribution in [0.15, 0.2) is 51.6 Å². The Labute approximate surface area is 146 Å². The first-order valence-electron chi connectivity index (χ1n) is 7.85. The number of rotatable bonds is 4. The molecule has 7 nitrogen and oxygen atoms in total. The standard InChI is InChI=1S/C18H13FN2O5/c19-10-3-4-12-13(8-17(22)20-14(12)6-10)18(23)25-9-11-7-16(26-21-11)15-2-1-5-24-15/h1-7,13H,8-9H2,(H,20,22). The molecule has 0 radical (unpaired) electrons. The Morgan fingerprint density at radius 1 is 1.31 bits per heavy atom.